The Morgan fingerprint density at radius 3 is 2.63 bits per heavy atom. The minimum atomic E-state index is 0. The first-order valence-electron chi connectivity index (χ1n) is 9.02. The van der Waals surface area contributed by atoms with Crippen LogP contribution in [0.2, 0.25) is 5.02 Å². The Balaban J connectivity index is 0.00000261. The minimum absolute atomic E-state index is 0. The first-order valence-corrected chi connectivity index (χ1v) is 9.39. The number of benzene rings is 1. The van der Waals surface area contributed by atoms with Crippen LogP contribution < -0.4 is 10.2 Å². The Kier molecular flexibility index (Phi) is 8.63. The van der Waals surface area contributed by atoms with Gasteiger partial charge < -0.3 is 15.1 Å². The summed E-state index contributed by atoms with van der Waals surface area (Å²) in [6.45, 7) is 3.67. The van der Waals surface area contributed by atoms with Gasteiger partial charge in [-0.25, -0.2) is 4.98 Å². The van der Waals surface area contributed by atoms with E-state index < -0.39 is 0 Å². The van der Waals surface area contributed by atoms with Crippen molar-refractivity contribution >= 4 is 47.4 Å². The van der Waals surface area contributed by atoms with Gasteiger partial charge in [-0.3, -0.25) is 4.99 Å². The number of hydrogen-bond acceptors (Lipinski definition) is 3. The van der Waals surface area contributed by atoms with Gasteiger partial charge in [-0.2, -0.15) is 0 Å². The summed E-state index contributed by atoms with van der Waals surface area (Å²) in [7, 11) is 3.82. The maximum Gasteiger partial charge on any atom is 0.193 e. The molecular weight excluding hydrogens is 473 g/mol. The van der Waals surface area contributed by atoms with E-state index >= 15 is 0 Å². The second kappa shape index (κ2) is 10.7. The summed E-state index contributed by atoms with van der Waals surface area (Å²) in [6, 6.07) is 12.1. The molecule has 1 aromatic carbocycles. The number of aromatic nitrogens is 1. The van der Waals surface area contributed by atoms with Crippen molar-refractivity contribution in [1.29, 1.82) is 0 Å². The highest BCUT2D eigenvalue weighted by Crippen LogP contribution is 2.17. The molecule has 0 aliphatic carbocycles. The fourth-order valence-corrected chi connectivity index (χ4v) is 3.42. The van der Waals surface area contributed by atoms with Crippen molar-refractivity contribution in [2.45, 2.75) is 25.9 Å². The standard InChI is InChI=1S/C20H26ClN5.HI/c1-22-20(25(2)15-16-6-5-7-18(21)12-16)24-14-17-8-9-19(23-13-17)26-10-3-4-11-26;/h5-9,12-13H,3-4,10-11,14-15H2,1-2H3,(H,22,24);1H. The van der Waals surface area contributed by atoms with Gasteiger partial charge in [0.05, 0.1) is 0 Å². The Hall–Kier alpha value is -1.54. The predicted molar refractivity (Wildman–Crippen MR) is 124 cm³/mol. The average molecular weight is 500 g/mol. The summed E-state index contributed by atoms with van der Waals surface area (Å²) in [6.07, 6.45) is 4.48. The van der Waals surface area contributed by atoms with Gasteiger partial charge in [0.1, 0.15) is 5.82 Å². The molecule has 1 aliphatic heterocycles. The van der Waals surface area contributed by atoms with Crippen LogP contribution in [0.3, 0.4) is 0 Å². The smallest absolute Gasteiger partial charge is 0.193 e. The van der Waals surface area contributed by atoms with Gasteiger partial charge in [0, 0.05) is 51.5 Å². The monoisotopic (exact) mass is 499 g/mol. The molecule has 0 atom stereocenters. The van der Waals surface area contributed by atoms with E-state index in [0.29, 0.717) is 6.54 Å². The molecule has 2 heterocycles. The van der Waals surface area contributed by atoms with Crippen LogP contribution >= 0.6 is 35.6 Å². The third-order valence-electron chi connectivity index (χ3n) is 4.57. The van der Waals surface area contributed by atoms with E-state index in [1.807, 2.05) is 31.4 Å². The number of halogens is 2. The molecule has 1 fully saturated rings. The Bertz CT molecular complexity index is 744. The minimum Gasteiger partial charge on any atom is -0.357 e. The summed E-state index contributed by atoms with van der Waals surface area (Å²) in [5.74, 6) is 1.92. The van der Waals surface area contributed by atoms with Crippen LogP contribution in [0.4, 0.5) is 5.82 Å². The first-order chi connectivity index (χ1) is 12.7. The second-order valence-electron chi connectivity index (χ2n) is 6.61. The third-order valence-corrected chi connectivity index (χ3v) is 4.81. The molecule has 1 saturated heterocycles. The van der Waals surface area contributed by atoms with Gasteiger partial charge in [-0.05, 0) is 42.2 Å². The number of rotatable bonds is 5. The van der Waals surface area contributed by atoms with Crippen molar-refractivity contribution in [3.63, 3.8) is 0 Å². The lowest BCUT2D eigenvalue weighted by Gasteiger charge is -2.22. The summed E-state index contributed by atoms with van der Waals surface area (Å²) < 4.78 is 0. The Morgan fingerprint density at radius 2 is 2.00 bits per heavy atom. The maximum absolute atomic E-state index is 6.07. The van der Waals surface area contributed by atoms with Crippen molar-refractivity contribution in [1.82, 2.24) is 15.2 Å². The SMILES string of the molecule is CN=C(NCc1ccc(N2CCCC2)nc1)N(C)Cc1cccc(Cl)c1.I. The molecule has 0 saturated carbocycles. The van der Waals surface area contributed by atoms with Gasteiger partial charge in [0.15, 0.2) is 5.96 Å². The number of guanidine groups is 1. The quantitative estimate of drug-likeness (QED) is 0.381. The van der Waals surface area contributed by atoms with Gasteiger partial charge in [-0.1, -0.05) is 29.8 Å². The van der Waals surface area contributed by atoms with E-state index in [0.717, 1.165) is 47.6 Å². The van der Waals surface area contributed by atoms with Crippen LogP contribution in [-0.2, 0) is 13.1 Å². The number of hydrogen-bond donors (Lipinski definition) is 1. The third kappa shape index (κ3) is 6.24. The number of pyridine rings is 1. The molecule has 27 heavy (non-hydrogen) atoms. The lowest BCUT2D eigenvalue weighted by Crippen LogP contribution is -2.38. The average Bonchev–Trinajstić information content (AvgIpc) is 3.17. The molecule has 1 aliphatic rings. The normalized spacial score (nSPS) is 14.0. The summed E-state index contributed by atoms with van der Waals surface area (Å²) in [5.41, 5.74) is 2.30. The van der Waals surface area contributed by atoms with Crippen LogP contribution in [0.1, 0.15) is 24.0 Å². The van der Waals surface area contributed by atoms with Gasteiger partial charge in [-0.15, -0.1) is 24.0 Å². The molecule has 0 amide bonds. The molecular formula is C20H27ClIN5. The molecule has 0 spiro atoms. The van der Waals surface area contributed by atoms with Gasteiger partial charge >= 0.3 is 0 Å². The highest BCUT2D eigenvalue weighted by molar-refractivity contribution is 14.0. The van der Waals surface area contributed by atoms with E-state index in [-0.39, 0.29) is 24.0 Å². The van der Waals surface area contributed by atoms with Crippen LogP contribution in [-0.4, -0.2) is 43.0 Å². The van der Waals surface area contributed by atoms with Crippen LogP contribution in [0.15, 0.2) is 47.6 Å². The van der Waals surface area contributed by atoms with Crippen molar-refractivity contribution in [2.24, 2.45) is 4.99 Å². The fourth-order valence-electron chi connectivity index (χ4n) is 3.20. The van der Waals surface area contributed by atoms with Crippen molar-refractivity contribution < 1.29 is 0 Å². The summed E-state index contributed by atoms with van der Waals surface area (Å²) in [5, 5.41) is 4.15. The van der Waals surface area contributed by atoms with Crippen molar-refractivity contribution in [2.75, 3.05) is 32.1 Å². The molecule has 7 heteroatoms. The fraction of sp³-hybridized carbons (Fsp3) is 0.400. The molecule has 0 radical (unpaired) electrons. The number of anilines is 1. The zero-order chi connectivity index (χ0) is 18.4. The number of nitrogens with zero attached hydrogens (tertiary/aromatic N) is 4. The highest BCUT2D eigenvalue weighted by atomic mass is 127. The summed E-state index contributed by atoms with van der Waals surface area (Å²) >= 11 is 6.07. The predicted octanol–water partition coefficient (Wildman–Crippen LogP) is 4.16. The second-order valence-corrected chi connectivity index (χ2v) is 7.04. The molecule has 5 nitrogen and oxygen atoms in total. The van der Waals surface area contributed by atoms with Gasteiger partial charge in [0.2, 0.25) is 0 Å². The lowest BCUT2D eigenvalue weighted by atomic mass is 10.2. The van der Waals surface area contributed by atoms with Crippen LogP contribution in [0.5, 0.6) is 0 Å². The highest BCUT2D eigenvalue weighted by Gasteiger charge is 2.13. The topological polar surface area (TPSA) is 43.8 Å². The number of aliphatic imine (C=N–C) groups is 1. The van der Waals surface area contributed by atoms with Crippen LogP contribution in [0, 0.1) is 0 Å². The Morgan fingerprint density at radius 1 is 1.22 bits per heavy atom. The molecule has 2 aromatic rings. The van der Waals surface area contributed by atoms with E-state index in [1.54, 1.807) is 7.05 Å². The van der Waals surface area contributed by atoms with Crippen LogP contribution in [0.25, 0.3) is 0 Å². The molecule has 1 aromatic heterocycles. The zero-order valence-electron chi connectivity index (χ0n) is 15.9. The van der Waals surface area contributed by atoms with Gasteiger partial charge in [0.25, 0.3) is 0 Å². The number of nitrogens with one attached hydrogen (secondary N) is 1. The summed E-state index contributed by atoms with van der Waals surface area (Å²) in [4.78, 5) is 13.4. The van der Waals surface area contributed by atoms with Crippen molar-refractivity contribution in [3.05, 3.63) is 58.7 Å². The molecule has 3 rings (SSSR count). The largest absolute Gasteiger partial charge is 0.357 e. The van der Waals surface area contributed by atoms with E-state index in [9.17, 15) is 0 Å². The molecule has 146 valence electrons. The molecule has 1 N–H and O–H groups in total. The van der Waals surface area contributed by atoms with E-state index in [1.165, 1.54) is 12.8 Å². The first kappa shape index (κ1) is 21.8. The molecule has 0 bridgehead atoms. The Labute approximate surface area is 183 Å². The molecule has 0 unspecified atom stereocenters. The van der Waals surface area contributed by atoms with E-state index in [4.69, 9.17) is 11.6 Å². The lowest BCUT2D eigenvalue weighted by molar-refractivity contribution is 0.476. The zero-order valence-corrected chi connectivity index (χ0v) is 18.9. The van der Waals surface area contributed by atoms with E-state index in [2.05, 4.69) is 43.3 Å². The van der Waals surface area contributed by atoms with Crippen molar-refractivity contribution in [3.8, 4) is 0 Å². The maximum atomic E-state index is 6.07.